The van der Waals surface area contributed by atoms with Crippen molar-refractivity contribution in [3.63, 3.8) is 0 Å². The van der Waals surface area contributed by atoms with Gasteiger partial charge in [0.15, 0.2) is 0 Å². The van der Waals surface area contributed by atoms with E-state index in [0.29, 0.717) is 6.42 Å². The third-order valence-electron chi connectivity index (χ3n) is 1.85. The molecule has 0 saturated heterocycles. The van der Waals surface area contributed by atoms with Crippen LogP contribution in [0.1, 0.15) is 39.0 Å². The minimum Gasteiger partial charge on any atom is -0.396 e. The molecular weight excluding hydrogens is 138 g/mol. The molecule has 0 amide bonds. The summed E-state index contributed by atoms with van der Waals surface area (Å²) in [5.41, 5.74) is 0. The second-order valence-corrected chi connectivity index (χ2v) is 2.91. The van der Waals surface area contributed by atoms with Gasteiger partial charge in [-0.3, -0.25) is 0 Å². The zero-order valence-corrected chi connectivity index (χ0v) is 7.21. The first-order chi connectivity index (χ1) is 5.35. The van der Waals surface area contributed by atoms with Crippen molar-refractivity contribution in [2.45, 2.75) is 39.0 Å². The van der Waals surface area contributed by atoms with Crippen LogP contribution in [0.4, 0.5) is 0 Å². The van der Waals surface area contributed by atoms with E-state index in [0.717, 1.165) is 12.8 Å². The minimum absolute atomic E-state index is 0.164. The molecule has 0 aliphatic carbocycles. The third kappa shape index (κ3) is 5.87. The first-order valence-electron chi connectivity index (χ1n) is 4.33. The van der Waals surface area contributed by atoms with E-state index in [1.807, 2.05) is 0 Å². The van der Waals surface area contributed by atoms with Crippen LogP contribution >= 0.6 is 0 Å². The Labute approximate surface area is 68.8 Å². The maximum absolute atomic E-state index is 8.81. The summed E-state index contributed by atoms with van der Waals surface area (Å²) in [5.74, 6) is 0.214. The van der Waals surface area contributed by atoms with E-state index in [-0.39, 0.29) is 12.5 Å². The van der Waals surface area contributed by atoms with E-state index < -0.39 is 0 Å². The lowest BCUT2D eigenvalue weighted by Crippen LogP contribution is -2.04. The number of aliphatic hydroxyl groups is 1. The fourth-order valence-corrected chi connectivity index (χ4v) is 1.07. The van der Waals surface area contributed by atoms with E-state index >= 15 is 0 Å². The Bertz CT molecular complexity index is 117. The lowest BCUT2D eigenvalue weighted by molar-refractivity contribution is 0.218. The number of hydrogen-bond acceptors (Lipinski definition) is 2. The van der Waals surface area contributed by atoms with Crippen molar-refractivity contribution in [1.29, 1.82) is 5.26 Å². The first kappa shape index (κ1) is 10.4. The van der Waals surface area contributed by atoms with Crippen molar-refractivity contribution in [2.24, 2.45) is 5.92 Å². The standard InChI is InChI=1S/C9H17NO/c1-2-3-4-5-9(8-11)6-7-10/h9,11H,2-6,8H2,1H3. The van der Waals surface area contributed by atoms with E-state index in [9.17, 15) is 0 Å². The zero-order valence-electron chi connectivity index (χ0n) is 7.21. The molecule has 64 valence electrons. The minimum atomic E-state index is 0.164. The van der Waals surface area contributed by atoms with E-state index in [1.54, 1.807) is 0 Å². The fraction of sp³-hybridized carbons (Fsp3) is 0.889. The number of aliphatic hydroxyl groups excluding tert-OH is 1. The first-order valence-corrected chi connectivity index (χ1v) is 4.33. The highest BCUT2D eigenvalue weighted by Gasteiger charge is 2.04. The van der Waals surface area contributed by atoms with Crippen LogP contribution in [0.15, 0.2) is 0 Å². The molecular formula is C9H17NO. The van der Waals surface area contributed by atoms with Crippen LogP contribution in [-0.4, -0.2) is 11.7 Å². The molecule has 2 nitrogen and oxygen atoms in total. The van der Waals surface area contributed by atoms with E-state index in [4.69, 9.17) is 10.4 Å². The normalized spacial score (nSPS) is 12.5. The highest BCUT2D eigenvalue weighted by atomic mass is 16.3. The van der Waals surface area contributed by atoms with Gasteiger partial charge in [-0.25, -0.2) is 0 Å². The molecule has 0 aromatic carbocycles. The van der Waals surface area contributed by atoms with Crippen LogP contribution in [-0.2, 0) is 0 Å². The summed E-state index contributed by atoms with van der Waals surface area (Å²) in [5, 5.41) is 17.2. The Balaban J connectivity index is 3.30. The van der Waals surface area contributed by atoms with Crippen molar-refractivity contribution in [3.05, 3.63) is 0 Å². The van der Waals surface area contributed by atoms with Gasteiger partial charge < -0.3 is 5.11 Å². The monoisotopic (exact) mass is 155 g/mol. The molecule has 11 heavy (non-hydrogen) atoms. The van der Waals surface area contributed by atoms with Crippen LogP contribution < -0.4 is 0 Å². The Morgan fingerprint density at radius 3 is 2.64 bits per heavy atom. The molecule has 0 heterocycles. The molecule has 2 heteroatoms. The smallest absolute Gasteiger partial charge is 0.0625 e. The van der Waals surface area contributed by atoms with Crippen LogP contribution in [0.2, 0.25) is 0 Å². The van der Waals surface area contributed by atoms with Crippen LogP contribution in [0.3, 0.4) is 0 Å². The topological polar surface area (TPSA) is 44.0 Å². The number of unbranched alkanes of at least 4 members (excludes halogenated alkanes) is 2. The highest BCUT2D eigenvalue weighted by molar-refractivity contribution is 4.75. The summed E-state index contributed by atoms with van der Waals surface area (Å²) in [6.45, 7) is 2.31. The molecule has 0 aromatic heterocycles. The molecule has 0 rings (SSSR count). The van der Waals surface area contributed by atoms with Gasteiger partial charge in [0.2, 0.25) is 0 Å². The van der Waals surface area contributed by atoms with Gasteiger partial charge in [-0.05, 0) is 12.3 Å². The number of nitriles is 1. The quantitative estimate of drug-likeness (QED) is 0.597. The number of rotatable bonds is 6. The van der Waals surface area contributed by atoms with Crippen LogP contribution in [0.5, 0.6) is 0 Å². The predicted molar refractivity (Wildman–Crippen MR) is 44.9 cm³/mol. The van der Waals surface area contributed by atoms with Gasteiger partial charge in [0, 0.05) is 13.0 Å². The predicted octanol–water partition coefficient (Wildman–Crippen LogP) is 2.09. The zero-order chi connectivity index (χ0) is 8.53. The Morgan fingerprint density at radius 1 is 1.45 bits per heavy atom. The number of nitrogens with zero attached hydrogens (tertiary/aromatic N) is 1. The molecule has 1 unspecified atom stereocenters. The third-order valence-corrected chi connectivity index (χ3v) is 1.85. The Morgan fingerprint density at radius 2 is 2.18 bits per heavy atom. The molecule has 0 aromatic rings. The lowest BCUT2D eigenvalue weighted by Gasteiger charge is -2.08. The lowest BCUT2D eigenvalue weighted by atomic mass is 10.00. The van der Waals surface area contributed by atoms with Crippen molar-refractivity contribution >= 4 is 0 Å². The molecule has 0 bridgehead atoms. The molecule has 0 saturated carbocycles. The molecule has 0 aliphatic rings. The SMILES string of the molecule is CCCCCC(CO)CC#N. The molecule has 0 fully saturated rings. The highest BCUT2D eigenvalue weighted by Crippen LogP contribution is 2.11. The summed E-state index contributed by atoms with van der Waals surface area (Å²) in [7, 11) is 0. The molecule has 0 spiro atoms. The molecule has 0 radical (unpaired) electrons. The van der Waals surface area contributed by atoms with Gasteiger partial charge in [-0.2, -0.15) is 5.26 Å². The van der Waals surface area contributed by atoms with E-state index in [1.165, 1.54) is 12.8 Å². The van der Waals surface area contributed by atoms with Gasteiger partial charge in [-0.1, -0.05) is 26.2 Å². The van der Waals surface area contributed by atoms with Crippen LogP contribution in [0.25, 0.3) is 0 Å². The van der Waals surface area contributed by atoms with Gasteiger partial charge in [0.05, 0.1) is 6.07 Å². The summed E-state index contributed by atoms with van der Waals surface area (Å²) in [4.78, 5) is 0. The molecule has 1 N–H and O–H groups in total. The van der Waals surface area contributed by atoms with Gasteiger partial charge in [0.1, 0.15) is 0 Å². The maximum Gasteiger partial charge on any atom is 0.0625 e. The summed E-state index contributed by atoms with van der Waals surface area (Å²) in [6.07, 6.45) is 5.05. The second-order valence-electron chi connectivity index (χ2n) is 2.91. The second kappa shape index (κ2) is 7.56. The van der Waals surface area contributed by atoms with Crippen molar-refractivity contribution in [2.75, 3.05) is 6.61 Å². The molecule has 0 aliphatic heterocycles. The number of hydrogen-bond donors (Lipinski definition) is 1. The molecule has 1 atom stereocenters. The maximum atomic E-state index is 8.81. The Kier molecular flexibility index (Phi) is 7.18. The fourth-order valence-electron chi connectivity index (χ4n) is 1.07. The van der Waals surface area contributed by atoms with Crippen LogP contribution in [0, 0.1) is 17.2 Å². The van der Waals surface area contributed by atoms with Crippen molar-refractivity contribution in [3.8, 4) is 6.07 Å². The van der Waals surface area contributed by atoms with Crippen molar-refractivity contribution in [1.82, 2.24) is 0 Å². The van der Waals surface area contributed by atoms with Gasteiger partial charge in [-0.15, -0.1) is 0 Å². The van der Waals surface area contributed by atoms with Gasteiger partial charge >= 0.3 is 0 Å². The summed E-state index contributed by atoms with van der Waals surface area (Å²) < 4.78 is 0. The average molecular weight is 155 g/mol. The Hall–Kier alpha value is -0.550. The average Bonchev–Trinajstić information content (AvgIpc) is 2.03. The summed E-state index contributed by atoms with van der Waals surface area (Å²) >= 11 is 0. The largest absolute Gasteiger partial charge is 0.396 e. The summed E-state index contributed by atoms with van der Waals surface area (Å²) in [6, 6.07) is 2.09. The van der Waals surface area contributed by atoms with Gasteiger partial charge in [0.25, 0.3) is 0 Å². The van der Waals surface area contributed by atoms with Crippen molar-refractivity contribution < 1.29 is 5.11 Å². The van der Waals surface area contributed by atoms with E-state index in [2.05, 4.69) is 13.0 Å².